The fraction of sp³-hybridized carbons (Fsp3) is 0.480. The van der Waals surface area contributed by atoms with Crippen LogP contribution in [0.1, 0.15) is 41.7 Å². The highest BCUT2D eigenvalue weighted by Crippen LogP contribution is 2.40. The van der Waals surface area contributed by atoms with E-state index < -0.39 is 0 Å². The van der Waals surface area contributed by atoms with Gasteiger partial charge in [0.25, 0.3) is 5.91 Å². The molecule has 3 saturated heterocycles. The molecule has 6 nitrogen and oxygen atoms in total. The maximum atomic E-state index is 13.4. The Labute approximate surface area is 182 Å². The van der Waals surface area contributed by atoms with Crippen molar-refractivity contribution in [3.8, 4) is 0 Å². The summed E-state index contributed by atoms with van der Waals surface area (Å²) in [4.78, 5) is 22.6. The molecule has 1 aromatic carbocycles. The quantitative estimate of drug-likeness (QED) is 0.659. The van der Waals surface area contributed by atoms with Crippen LogP contribution in [0, 0.1) is 11.8 Å². The first kappa shape index (κ1) is 19.0. The van der Waals surface area contributed by atoms with E-state index in [9.17, 15) is 4.79 Å². The highest BCUT2D eigenvalue weighted by molar-refractivity contribution is 5.93. The summed E-state index contributed by atoms with van der Waals surface area (Å²) in [6.45, 7) is 2.82. The zero-order valence-electron chi connectivity index (χ0n) is 17.8. The van der Waals surface area contributed by atoms with E-state index in [0.29, 0.717) is 29.6 Å². The molecule has 0 unspecified atom stereocenters. The zero-order chi connectivity index (χ0) is 20.8. The first-order valence-electron chi connectivity index (χ1n) is 11.6. The molecule has 31 heavy (non-hydrogen) atoms. The van der Waals surface area contributed by atoms with Gasteiger partial charge in [0, 0.05) is 37.9 Å². The van der Waals surface area contributed by atoms with Crippen LogP contribution in [0.4, 0.5) is 0 Å². The van der Waals surface area contributed by atoms with Crippen molar-refractivity contribution in [3.05, 3.63) is 66.1 Å². The van der Waals surface area contributed by atoms with Crippen LogP contribution in [0.15, 0.2) is 54.9 Å². The third kappa shape index (κ3) is 3.43. The summed E-state index contributed by atoms with van der Waals surface area (Å²) in [5.41, 5.74) is 2.75. The molecule has 3 fully saturated rings. The Balaban J connectivity index is 1.21. The number of amides is 1. The molecule has 2 bridgehead atoms. The zero-order valence-corrected chi connectivity index (χ0v) is 17.8. The second kappa shape index (κ2) is 7.75. The molecule has 4 atom stereocenters. The van der Waals surface area contributed by atoms with E-state index in [1.807, 2.05) is 12.1 Å². The fourth-order valence-electron chi connectivity index (χ4n) is 6.32. The number of fused-ring (bicyclic) bond motifs is 5. The van der Waals surface area contributed by atoms with Crippen LogP contribution in [-0.2, 0) is 6.42 Å². The van der Waals surface area contributed by atoms with E-state index in [2.05, 4.69) is 50.2 Å². The van der Waals surface area contributed by atoms with Gasteiger partial charge in [-0.05, 0) is 55.2 Å². The molecule has 6 rings (SSSR count). The Morgan fingerprint density at radius 2 is 1.94 bits per heavy atom. The van der Waals surface area contributed by atoms with Crippen molar-refractivity contribution in [1.29, 1.82) is 0 Å². The molecule has 2 aromatic heterocycles. The molecule has 160 valence electrons. The average Bonchev–Trinajstić information content (AvgIpc) is 3.24. The van der Waals surface area contributed by atoms with Gasteiger partial charge in [0.15, 0.2) is 11.3 Å². The van der Waals surface area contributed by atoms with Crippen LogP contribution in [0.25, 0.3) is 5.65 Å². The Kier molecular flexibility index (Phi) is 4.75. The average molecular weight is 416 g/mol. The molecular formula is C25H29N5O. The van der Waals surface area contributed by atoms with Crippen LogP contribution >= 0.6 is 0 Å². The number of rotatable bonds is 3. The number of aromatic nitrogens is 3. The van der Waals surface area contributed by atoms with Crippen molar-refractivity contribution < 1.29 is 4.79 Å². The van der Waals surface area contributed by atoms with Crippen LogP contribution in [0.2, 0.25) is 0 Å². The molecule has 0 radical (unpaired) electrons. The van der Waals surface area contributed by atoms with Gasteiger partial charge in [-0.3, -0.25) is 9.69 Å². The Morgan fingerprint density at radius 3 is 2.84 bits per heavy atom. The van der Waals surface area contributed by atoms with E-state index in [1.54, 1.807) is 16.9 Å². The van der Waals surface area contributed by atoms with Crippen LogP contribution in [0.3, 0.4) is 0 Å². The second-order valence-corrected chi connectivity index (χ2v) is 9.55. The SMILES string of the molecule is O=C(c1cnc2cccnn12)N1C[C@@H]2C[C@H](C1)[C@@H]1CCC[C@H](Cc3ccccc3)N1C2. The lowest BCUT2D eigenvalue weighted by Crippen LogP contribution is -2.62. The van der Waals surface area contributed by atoms with Crippen molar-refractivity contribution in [2.75, 3.05) is 19.6 Å². The molecule has 0 saturated carbocycles. The van der Waals surface area contributed by atoms with Gasteiger partial charge in [0.05, 0.1) is 6.20 Å². The number of piperidine rings is 3. The van der Waals surface area contributed by atoms with E-state index in [1.165, 1.54) is 31.2 Å². The summed E-state index contributed by atoms with van der Waals surface area (Å²) in [7, 11) is 0. The summed E-state index contributed by atoms with van der Waals surface area (Å²) < 4.78 is 1.68. The maximum Gasteiger partial charge on any atom is 0.274 e. The second-order valence-electron chi connectivity index (χ2n) is 9.55. The number of imidazole rings is 1. The van der Waals surface area contributed by atoms with Gasteiger partial charge in [0.2, 0.25) is 0 Å². The number of hydrogen-bond acceptors (Lipinski definition) is 4. The lowest BCUT2D eigenvalue weighted by atomic mass is 9.74. The van der Waals surface area contributed by atoms with Crippen molar-refractivity contribution in [2.45, 2.75) is 44.2 Å². The van der Waals surface area contributed by atoms with Crippen molar-refractivity contribution in [2.24, 2.45) is 11.8 Å². The Bertz CT molecular complexity index is 1080. The van der Waals surface area contributed by atoms with Crippen LogP contribution < -0.4 is 0 Å². The largest absolute Gasteiger partial charge is 0.337 e. The van der Waals surface area contributed by atoms with Gasteiger partial charge in [-0.2, -0.15) is 5.10 Å². The normalized spacial score (nSPS) is 28.5. The summed E-state index contributed by atoms with van der Waals surface area (Å²) in [6, 6.07) is 15.9. The minimum Gasteiger partial charge on any atom is -0.337 e. The van der Waals surface area contributed by atoms with Gasteiger partial charge in [-0.15, -0.1) is 0 Å². The predicted molar refractivity (Wildman–Crippen MR) is 119 cm³/mol. The molecule has 5 heterocycles. The first-order chi connectivity index (χ1) is 15.3. The standard InChI is InChI=1S/C25H29N5O/c31-25(23-14-26-24-10-5-11-27-30(23)24)28-15-19-12-20(17-28)22-9-4-8-21(29(22)16-19)13-18-6-2-1-3-7-18/h1-3,5-7,10-11,14,19-22H,4,8-9,12-13,15-17H2/t19-,20+,21+,22-/m0/s1. The van der Waals surface area contributed by atoms with Crippen LogP contribution in [0.5, 0.6) is 0 Å². The van der Waals surface area contributed by atoms with Gasteiger partial charge < -0.3 is 4.90 Å². The summed E-state index contributed by atoms with van der Waals surface area (Å²) in [6.07, 6.45) is 9.65. The molecule has 0 spiro atoms. The number of carbonyl (C=O) groups is 1. The van der Waals surface area contributed by atoms with E-state index in [-0.39, 0.29) is 5.91 Å². The highest BCUT2D eigenvalue weighted by Gasteiger charge is 2.45. The summed E-state index contributed by atoms with van der Waals surface area (Å²) >= 11 is 0. The monoisotopic (exact) mass is 415 g/mol. The molecule has 0 aliphatic carbocycles. The number of likely N-dealkylation sites (tertiary alicyclic amines) is 1. The molecule has 3 aromatic rings. The molecule has 0 N–H and O–H groups in total. The molecule has 1 amide bonds. The predicted octanol–water partition coefficient (Wildman–Crippen LogP) is 3.29. The lowest BCUT2D eigenvalue weighted by molar-refractivity contribution is -0.0500. The van der Waals surface area contributed by atoms with Gasteiger partial charge in [0.1, 0.15) is 0 Å². The van der Waals surface area contributed by atoms with E-state index >= 15 is 0 Å². The number of benzene rings is 1. The minimum absolute atomic E-state index is 0.0750. The Morgan fingerprint density at radius 1 is 1.03 bits per heavy atom. The summed E-state index contributed by atoms with van der Waals surface area (Å²) in [5.74, 6) is 1.20. The molecule has 3 aliphatic heterocycles. The van der Waals surface area contributed by atoms with E-state index in [0.717, 1.165) is 31.7 Å². The Hall–Kier alpha value is -2.73. The van der Waals surface area contributed by atoms with Crippen molar-refractivity contribution >= 4 is 11.6 Å². The van der Waals surface area contributed by atoms with E-state index in [4.69, 9.17) is 0 Å². The number of hydrogen-bond donors (Lipinski definition) is 0. The van der Waals surface area contributed by atoms with Gasteiger partial charge in [-0.25, -0.2) is 9.50 Å². The smallest absolute Gasteiger partial charge is 0.274 e. The third-order valence-corrected chi connectivity index (χ3v) is 7.61. The molecule has 6 heteroatoms. The van der Waals surface area contributed by atoms with Gasteiger partial charge in [-0.1, -0.05) is 36.8 Å². The third-order valence-electron chi connectivity index (χ3n) is 7.61. The van der Waals surface area contributed by atoms with Crippen molar-refractivity contribution in [1.82, 2.24) is 24.4 Å². The minimum atomic E-state index is 0.0750. The fourth-order valence-corrected chi connectivity index (χ4v) is 6.32. The molecular weight excluding hydrogens is 386 g/mol. The molecule has 3 aliphatic rings. The summed E-state index contributed by atoms with van der Waals surface area (Å²) in [5, 5.41) is 4.34. The van der Waals surface area contributed by atoms with Gasteiger partial charge >= 0.3 is 0 Å². The van der Waals surface area contributed by atoms with Crippen LogP contribution in [-0.4, -0.2) is 62.0 Å². The first-order valence-corrected chi connectivity index (χ1v) is 11.6. The maximum absolute atomic E-state index is 13.4. The lowest BCUT2D eigenvalue weighted by Gasteiger charge is -2.55. The number of nitrogens with zero attached hydrogens (tertiary/aromatic N) is 5. The highest BCUT2D eigenvalue weighted by atomic mass is 16.2. The van der Waals surface area contributed by atoms with Crippen molar-refractivity contribution in [3.63, 3.8) is 0 Å². The topological polar surface area (TPSA) is 53.7 Å². The number of carbonyl (C=O) groups excluding carboxylic acids is 1.